The molecule has 0 aromatic carbocycles. The third-order valence-electron chi connectivity index (χ3n) is 3.76. The lowest BCUT2D eigenvalue weighted by atomic mass is 10.1. The predicted molar refractivity (Wildman–Crippen MR) is 80.2 cm³/mol. The molecule has 2 aromatic heterocycles. The number of rotatable bonds is 3. The van der Waals surface area contributed by atoms with Gasteiger partial charge in [-0.1, -0.05) is 19.3 Å². The van der Waals surface area contributed by atoms with E-state index in [9.17, 15) is 9.90 Å². The molecule has 1 fully saturated rings. The number of carbonyl (C=O) groups is 1. The molecule has 2 atom stereocenters. The molecule has 0 aliphatic heterocycles. The molecular weight excluding hydrogens is 288 g/mol. The van der Waals surface area contributed by atoms with Crippen molar-refractivity contribution in [2.45, 2.75) is 44.2 Å². The summed E-state index contributed by atoms with van der Waals surface area (Å²) in [6.45, 7) is 0. The molecular formula is C15H18N2O3S. The lowest BCUT2D eigenvalue weighted by Crippen LogP contribution is -2.42. The van der Waals surface area contributed by atoms with Crippen LogP contribution in [0.2, 0.25) is 0 Å². The Morgan fingerprint density at radius 2 is 2.24 bits per heavy atom. The van der Waals surface area contributed by atoms with Crippen molar-refractivity contribution in [1.82, 2.24) is 10.3 Å². The maximum atomic E-state index is 12.2. The van der Waals surface area contributed by atoms with Gasteiger partial charge in [-0.15, -0.1) is 11.3 Å². The third-order valence-corrected chi connectivity index (χ3v) is 4.62. The van der Waals surface area contributed by atoms with Gasteiger partial charge in [0.05, 0.1) is 18.4 Å². The summed E-state index contributed by atoms with van der Waals surface area (Å²) in [7, 11) is 0. The maximum Gasteiger partial charge on any atom is 0.271 e. The quantitative estimate of drug-likeness (QED) is 0.855. The highest BCUT2D eigenvalue weighted by Crippen LogP contribution is 2.24. The number of furan rings is 1. The highest BCUT2D eigenvalue weighted by Gasteiger charge is 2.24. The van der Waals surface area contributed by atoms with Crippen LogP contribution in [0.4, 0.5) is 0 Å². The fourth-order valence-electron chi connectivity index (χ4n) is 2.59. The molecule has 2 unspecified atom stereocenters. The fourth-order valence-corrected chi connectivity index (χ4v) is 3.36. The van der Waals surface area contributed by atoms with Gasteiger partial charge in [0.15, 0.2) is 10.8 Å². The van der Waals surface area contributed by atoms with E-state index in [0.29, 0.717) is 16.5 Å². The van der Waals surface area contributed by atoms with E-state index in [1.807, 2.05) is 6.07 Å². The van der Waals surface area contributed by atoms with Crippen LogP contribution >= 0.6 is 11.3 Å². The predicted octanol–water partition coefficient (Wildman–Crippen LogP) is 2.83. The van der Waals surface area contributed by atoms with Crippen LogP contribution in [-0.4, -0.2) is 28.1 Å². The standard InChI is InChI=1S/C15H18N2O3S/c18-12-6-3-1-2-5-10(12)16-14(19)11-9-21-15(17-11)13-7-4-8-20-13/h4,7-10,12,18H,1-3,5-6H2,(H,16,19). The second-order valence-corrected chi connectivity index (χ2v) is 6.16. The Bertz CT molecular complexity index is 594. The van der Waals surface area contributed by atoms with Crippen molar-refractivity contribution >= 4 is 17.2 Å². The van der Waals surface area contributed by atoms with Gasteiger partial charge in [0.25, 0.3) is 5.91 Å². The second kappa shape index (κ2) is 6.41. The molecule has 0 spiro atoms. The van der Waals surface area contributed by atoms with Gasteiger partial charge < -0.3 is 14.8 Å². The molecule has 112 valence electrons. The van der Waals surface area contributed by atoms with Gasteiger partial charge in [-0.3, -0.25) is 4.79 Å². The molecule has 1 aliphatic rings. The van der Waals surface area contributed by atoms with E-state index >= 15 is 0 Å². The molecule has 0 saturated heterocycles. The number of hydrogen-bond acceptors (Lipinski definition) is 5. The smallest absolute Gasteiger partial charge is 0.271 e. The van der Waals surface area contributed by atoms with E-state index < -0.39 is 6.10 Å². The molecule has 2 heterocycles. The lowest BCUT2D eigenvalue weighted by molar-refractivity contribution is 0.0815. The van der Waals surface area contributed by atoms with Crippen LogP contribution in [0.5, 0.6) is 0 Å². The molecule has 6 heteroatoms. The summed E-state index contributed by atoms with van der Waals surface area (Å²) in [5.74, 6) is 0.434. The first-order valence-corrected chi connectivity index (χ1v) is 8.10. The molecule has 1 aliphatic carbocycles. The number of thiazole rings is 1. The number of nitrogens with zero attached hydrogens (tertiary/aromatic N) is 1. The Morgan fingerprint density at radius 3 is 3.05 bits per heavy atom. The summed E-state index contributed by atoms with van der Waals surface area (Å²) in [5.41, 5.74) is 0.378. The minimum absolute atomic E-state index is 0.172. The zero-order chi connectivity index (χ0) is 14.7. The molecule has 1 saturated carbocycles. The van der Waals surface area contributed by atoms with Gasteiger partial charge in [0, 0.05) is 5.38 Å². The van der Waals surface area contributed by atoms with Crippen LogP contribution in [0, 0.1) is 0 Å². The van der Waals surface area contributed by atoms with E-state index in [4.69, 9.17) is 4.42 Å². The van der Waals surface area contributed by atoms with Crippen LogP contribution in [0.3, 0.4) is 0 Å². The average molecular weight is 306 g/mol. The Morgan fingerprint density at radius 1 is 1.38 bits per heavy atom. The first-order valence-electron chi connectivity index (χ1n) is 7.22. The molecule has 0 bridgehead atoms. The lowest BCUT2D eigenvalue weighted by Gasteiger charge is -2.21. The monoisotopic (exact) mass is 306 g/mol. The highest BCUT2D eigenvalue weighted by atomic mass is 32.1. The number of aromatic nitrogens is 1. The molecule has 5 nitrogen and oxygen atoms in total. The average Bonchev–Trinajstić information content (AvgIpc) is 3.12. The number of amides is 1. The summed E-state index contributed by atoms with van der Waals surface area (Å²) in [6, 6.07) is 3.43. The van der Waals surface area contributed by atoms with E-state index in [2.05, 4.69) is 10.3 Å². The van der Waals surface area contributed by atoms with Gasteiger partial charge in [-0.05, 0) is 25.0 Å². The molecule has 2 N–H and O–H groups in total. The summed E-state index contributed by atoms with van der Waals surface area (Å²) in [4.78, 5) is 16.5. The van der Waals surface area contributed by atoms with Gasteiger partial charge >= 0.3 is 0 Å². The van der Waals surface area contributed by atoms with Crippen LogP contribution in [0.25, 0.3) is 10.8 Å². The Balaban J connectivity index is 1.67. The SMILES string of the molecule is O=C(NC1CCCCCC1O)c1csc(-c2ccco2)n1. The number of aliphatic hydroxyl groups excluding tert-OH is 1. The van der Waals surface area contributed by atoms with Crippen molar-refractivity contribution < 1.29 is 14.3 Å². The van der Waals surface area contributed by atoms with E-state index in [0.717, 1.165) is 32.1 Å². The molecule has 3 rings (SSSR count). The van der Waals surface area contributed by atoms with E-state index in [1.54, 1.807) is 17.7 Å². The summed E-state index contributed by atoms with van der Waals surface area (Å²) in [6.07, 6.45) is 5.87. The molecule has 21 heavy (non-hydrogen) atoms. The second-order valence-electron chi connectivity index (χ2n) is 5.30. The fraction of sp³-hybridized carbons (Fsp3) is 0.467. The first-order chi connectivity index (χ1) is 10.2. The minimum Gasteiger partial charge on any atom is -0.462 e. The van der Waals surface area contributed by atoms with Crippen molar-refractivity contribution in [3.63, 3.8) is 0 Å². The number of carbonyl (C=O) groups excluding carboxylic acids is 1. The summed E-state index contributed by atoms with van der Waals surface area (Å²) >= 11 is 1.37. The van der Waals surface area contributed by atoms with Gasteiger partial charge in [-0.2, -0.15) is 0 Å². The van der Waals surface area contributed by atoms with E-state index in [-0.39, 0.29) is 11.9 Å². The molecule has 1 amide bonds. The van der Waals surface area contributed by atoms with Crippen molar-refractivity contribution in [2.75, 3.05) is 0 Å². The number of hydrogen-bond donors (Lipinski definition) is 2. The van der Waals surface area contributed by atoms with Crippen LogP contribution < -0.4 is 5.32 Å². The van der Waals surface area contributed by atoms with Gasteiger partial charge in [-0.25, -0.2) is 4.98 Å². The molecule has 0 radical (unpaired) electrons. The van der Waals surface area contributed by atoms with Crippen LogP contribution in [-0.2, 0) is 0 Å². The summed E-state index contributed by atoms with van der Waals surface area (Å²) < 4.78 is 5.27. The van der Waals surface area contributed by atoms with Crippen LogP contribution in [0.15, 0.2) is 28.2 Å². The van der Waals surface area contributed by atoms with Crippen molar-refractivity contribution in [1.29, 1.82) is 0 Å². The normalized spacial score (nSPS) is 22.7. The maximum absolute atomic E-state index is 12.2. The summed E-state index contributed by atoms with van der Waals surface area (Å²) in [5, 5.41) is 15.4. The van der Waals surface area contributed by atoms with Crippen molar-refractivity contribution in [2.24, 2.45) is 0 Å². The minimum atomic E-state index is -0.459. The zero-order valence-electron chi connectivity index (χ0n) is 11.6. The Labute approximate surface area is 127 Å². The van der Waals surface area contributed by atoms with Gasteiger partial charge in [0.1, 0.15) is 5.69 Å². The highest BCUT2D eigenvalue weighted by molar-refractivity contribution is 7.13. The van der Waals surface area contributed by atoms with Crippen molar-refractivity contribution in [3.8, 4) is 10.8 Å². The number of aliphatic hydroxyl groups is 1. The molecule has 2 aromatic rings. The first kappa shape index (κ1) is 14.3. The third kappa shape index (κ3) is 3.33. The van der Waals surface area contributed by atoms with E-state index in [1.165, 1.54) is 11.3 Å². The van der Waals surface area contributed by atoms with Crippen molar-refractivity contribution in [3.05, 3.63) is 29.5 Å². The Hall–Kier alpha value is -1.66. The largest absolute Gasteiger partial charge is 0.462 e. The van der Waals surface area contributed by atoms with Crippen LogP contribution in [0.1, 0.15) is 42.6 Å². The Kier molecular flexibility index (Phi) is 4.36. The topological polar surface area (TPSA) is 75.4 Å². The zero-order valence-corrected chi connectivity index (χ0v) is 12.4. The van der Waals surface area contributed by atoms with Gasteiger partial charge in [0.2, 0.25) is 0 Å². The number of nitrogens with one attached hydrogen (secondary N) is 1.